The van der Waals surface area contributed by atoms with Crippen LogP contribution in [0.1, 0.15) is 42.3 Å². The molecule has 4 rings (SSSR count). The van der Waals surface area contributed by atoms with Crippen LogP contribution >= 0.6 is 0 Å². The van der Waals surface area contributed by atoms with Gasteiger partial charge in [-0.15, -0.1) is 0 Å². The Morgan fingerprint density at radius 2 is 1.28 bits per heavy atom. The highest BCUT2D eigenvalue weighted by atomic mass is 16.7. The number of hydrogen-bond acceptors (Lipinski definition) is 11. The van der Waals surface area contributed by atoms with E-state index in [-0.39, 0.29) is 12.0 Å². The van der Waals surface area contributed by atoms with E-state index in [1.165, 1.54) is 19.1 Å². The predicted molar refractivity (Wildman–Crippen MR) is 161 cm³/mol. The van der Waals surface area contributed by atoms with E-state index in [4.69, 9.17) is 28.4 Å². The average Bonchev–Trinajstić information content (AvgIpc) is 3.02. The molecule has 12 nitrogen and oxygen atoms in total. The third-order valence-electron chi connectivity index (χ3n) is 6.80. The van der Waals surface area contributed by atoms with Crippen molar-refractivity contribution in [3.05, 3.63) is 102 Å². The molecule has 1 heterocycles. The number of benzene rings is 3. The summed E-state index contributed by atoms with van der Waals surface area (Å²) in [7, 11) is 0. The molecule has 1 aliphatic rings. The summed E-state index contributed by atoms with van der Waals surface area (Å²) < 4.78 is 33.6. The molecule has 242 valence electrons. The Labute approximate surface area is 265 Å². The molecule has 0 saturated carbocycles. The van der Waals surface area contributed by atoms with E-state index in [0.717, 1.165) is 19.4 Å². The molecular weight excluding hydrogens is 598 g/mol. The van der Waals surface area contributed by atoms with E-state index in [2.05, 4.69) is 5.32 Å². The van der Waals surface area contributed by atoms with Gasteiger partial charge >= 0.3 is 23.9 Å². The van der Waals surface area contributed by atoms with Gasteiger partial charge in [0.1, 0.15) is 31.1 Å². The molecule has 1 saturated heterocycles. The van der Waals surface area contributed by atoms with E-state index in [1.54, 1.807) is 42.5 Å². The van der Waals surface area contributed by atoms with Gasteiger partial charge in [0.05, 0.1) is 6.42 Å². The summed E-state index contributed by atoms with van der Waals surface area (Å²) in [4.78, 5) is 62.5. The smallest absolute Gasteiger partial charge is 0.312 e. The Balaban J connectivity index is 1.59. The molecule has 0 aromatic heterocycles. The van der Waals surface area contributed by atoms with Gasteiger partial charge in [0, 0.05) is 26.3 Å². The fraction of sp³-hybridized carbons (Fsp3) is 0.324. The standard InChI is InChI=1S/C34H35NO11/c1-21(36)41-20-28-31(43-22(2)37)32(44-23(3)38)30(34(45-28)46-29(39)18-24-10-6-4-7-11-24)35-33(40)26-14-16-27(17-15-26)42-19-25-12-8-5-9-13-25/h4-17,28,30-32,34H,18-20H2,1-3H3,(H,35,40). The zero-order valence-electron chi connectivity index (χ0n) is 25.6. The number of carbonyl (C=O) groups is 5. The number of esters is 4. The molecule has 0 aliphatic carbocycles. The molecule has 1 fully saturated rings. The lowest BCUT2D eigenvalue weighted by Gasteiger charge is -2.44. The minimum Gasteiger partial charge on any atom is -0.489 e. The van der Waals surface area contributed by atoms with Gasteiger partial charge in [-0.1, -0.05) is 60.7 Å². The maximum absolute atomic E-state index is 13.5. The third kappa shape index (κ3) is 9.89. The summed E-state index contributed by atoms with van der Waals surface area (Å²) in [6, 6.07) is 23.3. The van der Waals surface area contributed by atoms with Crippen molar-refractivity contribution >= 4 is 29.8 Å². The second-order valence-electron chi connectivity index (χ2n) is 10.4. The van der Waals surface area contributed by atoms with Gasteiger partial charge in [-0.05, 0) is 35.4 Å². The van der Waals surface area contributed by atoms with E-state index < -0.39 is 67.0 Å². The summed E-state index contributed by atoms with van der Waals surface area (Å²) in [5.41, 5.74) is 1.83. The topological polar surface area (TPSA) is 153 Å². The van der Waals surface area contributed by atoms with Crippen molar-refractivity contribution in [1.29, 1.82) is 0 Å². The number of ether oxygens (including phenoxy) is 6. The summed E-state index contributed by atoms with van der Waals surface area (Å²) in [5.74, 6) is -3.01. The highest BCUT2D eigenvalue weighted by Crippen LogP contribution is 2.29. The van der Waals surface area contributed by atoms with Crippen molar-refractivity contribution in [3.8, 4) is 5.75 Å². The maximum atomic E-state index is 13.5. The highest BCUT2D eigenvalue weighted by Gasteiger charge is 2.52. The van der Waals surface area contributed by atoms with Gasteiger partial charge in [0.25, 0.3) is 5.91 Å². The Kier molecular flexibility index (Phi) is 11.8. The summed E-state index contributed by atoms with van der Waals surface area (Å²) >= 11 is 0. The van der Waals surface area contributed by atoms with E-state index in [0.29, 0.717) is 17.9 Å². The van der Waals surface area contributed by atoms with Crippen LogP contribution in [0.4, 0.5) is 0 Å². The van der Waals surface area contributed by atoms with Gasteiger partial charge in [0.2, 0.25) is 6.29 Å². The Hall–Kier alpha value is -5.23. The fourth-order valence-corrected chi connectivity index (χ4v) is 4.77. The van der Waals surface area contributed by atoms with Crippen LogP contribution < -0.4 is 10.1 Å². The van der Waals surface area contributed by atoms with E-state index >= 15 is 0 Å². The largest absolute Gasteiger partial charge is 0.489 e. The monoisotopic (exact) mass is 633 g/mol. The normalized spacial score (nSPS) is 20.5. The highest BCUT2D eigenvalue weighted by molar-refractivity contribution is 5.94. The lowest BCUT2D eigenvalue weighted by atomic mass is 9.95. The van der Waals surface area contributed by atoms with Crippen LogP contribution in [0.3, 0.4) is 0 Å². The average molecular weight is 634 g/mol. The van der Waals surface area contributed by atoms with E-state index in [1.807, 2.05) is 30.3 Å². The van der Waals surface area contributed by atoms with Gasteiger partial charge in [0.15, 0.2) is 12.2 Å². The first-order valence-electron chi connectivity index (χ1n) is 14.5. The molecule has 5 atom stereocenters. The zero-order chi connectivity index (χ0) is 33.1. The minimum atomic E-state index is -1.54. The second-order valence-corrected chi connectivity index (χ2v) is 10.4. The van der Waals surface area contributed by atoms with Crippen LogP contribution in [0.15, 0.2) is 84.9 Å². The van der Waals surface area contributed by atoms with Gasteiger partial charge in [-0.3, -0.25) is 24.0 Å². The first-order valence-corrected chi connectivity index (χ1v) is 14.5. The molecule has 5 unspecified atom stereocenters. The van der Waals surface area contributed by atoms with Crippen molar-refractivity contribution in [2.24, 2.45) is 0 Å². The SMILES string of the molecule is CC(=O)OCC1OC(OC(=O)Cc2ccccc2)C(NC(=O)c2ccc(OCc3ccccc3)cc2)C(OC(C)=O)C1OC(C)=O. The fourth-order valence-electron chi connectivity index (χ4n) is 4.77. The van der Waals surface area contributed by atoms with Crippen LogP contribution in [0.5, 0.6) is 5.75 Å². The minimum absolute atomic E-state index is 0.133. The molecule has 1 N–H and O–H groups in total. The molecule has 1 aliphatic heterocycles. The van der Waals surface area contributed by atoms with Crippen molar-refractivity contribution < 1.29 is 52.4 Å². The van der Waals surface area contributed by atoms with Gasteiger partial charge in [-0.25, -0.2) is 0 Å². The first-order chi connectivity index (χ1) is 22.1. The van der Waals surface area contributed by atoms with Crippen molar-refractivity contribution in [3.63, 3.8) is 0 Å². The maximum Gasteiger partial charge on any atom is 0.312 e. The Morgan fingerprint density at radius 3 is 1.87 bits per heavy atom. The molecule has 12 heteroatoms. The van der Waals surface area contributed by atoms with Gasteiger partial charge in [-0.2, -0.15) is 0 Å². The predicted octanol–water partition coefficient (Wildman–Crippen LogP) is 3.30. The molecule has 0 spiro atoms. The van der Waals surface area contributed by atoms with Crippen LogP contribution in [-0.4, -0.2) is 67.0 Å². The Bertz CT molecular complexity index is 1490. The number of nitrogens with one attached hydrogen (secondary N) is 1. The molecule has 0 bridgehead atoms. The number of carbonyl (C=O) groups excluding carboxylic acids is 5. The zero-order valence-corrected chi connectivity index (χ0v) is 25.6. The van der Waals surface area contributed by atoms with E-state index in [9.17, 15) is 24.0 Å². The third-order valence-corrected chi connectivity index (χ3v) is 6.80. The summed E-state index contributed by atoms with van der Waals surface area (Å²) in [6.45, 7) is 3.34. The second kappa shape index (κ2) is 16.2. The number of rotatable bonds is 12. The Morgan fingerprint density at radius 1 is 0.696 bits per heavy atom. The van der Waals surface area contributed by atoms with Crippen LogP contribution in [0.25, 0.3) is 0 Å². The summed E-state index contributed by atoms with van der Waals surface area (Å²) in [5, 5.41) is 2.72. The number of hydrogen-bond donors (Lipinski definition) is 1. The number of amides is 1. The van der Waals surface area contributed by atoms with Crippen molar-refractivity contribution in [2.45, 2.75) is 64.4 Å². The molecule has 1 amide bonds. The first kappa shape index (κ1) is 33.7. The lowest BCUT2D eigenvalue weighted by Crippen LogP contribution is -2.67. The summed E-state index contributed by atoms with van der Waals surface area (Å²) in [6.07, 6.45) is -5.63. The van der Waals surface area contributed by atoms with Gasteiger partial charge < -0.3 is 33.7 Å². The molecular formula is C34H35NO11. The van der Waals surface area contributed by atoms with Crippen LogP contribution in [0, 0.1) is 0 Å². The quantitative estimate of drug-likeness (QED) is 0.231. The molecule has 3 aromatic carbocycles. The van der Waals surface area contributed by atoms with Crippen molar-refractivity contribution in [1.82, 2.24) is 5.32 Å². The van der Waals surface area contributed by atoms with Crippen molar-refractivity contribution in [2.75, 3.05) is 6.61 Å². The lowest BCUT2D eigenvalue weighted by molar-refractivity contribution is -0.270. The molecule has 0 radical (unpaired) electrons. The van der Waals surface area contributed by atoms with Crippen LogP contribution in [0.2, 0.25) is 0 Å². The van der Waals surface area contributed by atoms with Crippen LogP contribution in [-0.2, 0) is 55.9 Å². The molecule has 3 aromatic rings. The molecule has 46 heavy (non-hydrogen) atoms.